The van der Waals surface area contributed by atoms with Crippen molar-refractivity contribution in [1.29, 1.82) is 0 Å². The largest absolute Gasteiger partial charge is 0.409 e. The van der Waals surface area contributed by atoms with Gasteiger partial charge in [-0.1, -0.05) is 5.16 Å². The molecule has 16 heavy (non-hydrogen) atoms. The van der Waals surface area contributed by atoms with Crippen molar-refractivity contribution in [3.8, 4) is 0 Å². The van der Waals surface area contributed by atoms with Crippen LogP contribution in [-0.4, -0.2) is 23.5 Å². The molecular weight excluding hydrogens is 328 g/mol. The Labute approximate surface area is 105 Å². The van der Waals surface area contributed by atoms with E-state index in [1.807, 2.05) is 22.6 Å². The summed E-state index contributed by atoms with van der Waals surface area (Å²) in [6.07, 6.45) is 0. The highest BCUT2D eigenvalue weighted by Gasteiger charge is 2.10. The lowest BCUT2D eigenvalue weighted by Crippen LogP contribution is -2.33. The van der Waals surface area contributed by atoms with Crippen LogP contribution in [0.3, 0.4) is 0 Å². The number of rotatable bonds is 3. The molecule has 0 unspecified atom stereocenters. The maximum absolute atomic E-state index is 12.8. The third-order valence-corrected chi connectivity index (χ3v) is 2.63. The predicted octanol–water partition coefficient (Wildman–Crippen LogP) is 0.907. The Morgan fingerprint density at radius 1 is 1.62 bits per heavy atom. The average molecular weight is 337 g/mol. The Morgan fingerprint density at radius 3 is 2.88 bits per heavy atom. The summed E-state index contributed by atoms with van der Waals surface area (Å²) in [5.41, 5.74) is 5.53. The van der Waals surface area contributed by atoms with Gasteiger partial charge in [0, 0.05) is 3.57 Å². The third-order valence-electron chi connectivity index (χ3n) is 1.73. The van der Waals surface area contributed by atoms with Gasteiger partial charge in [0.15, 0.2) is 5.84 Å². The quantitative estimate of drug-likeness (QED) is 0.252. The lowest BCUT2D eigenvalue weighted by Gasteiger charge is -2.05. The summed E-state index contributed by atoms with van der Waals surface area (Å²) >= 11 is 1.86. The van der Waals surface area contributed by atoms with Crippen LogP contribution in [0.2, 0.25) is 0 Å². The number of nitrogens with one attached hydrogen (secondary N) is 1. The Hall–Kier alpha value is -1.38. The van der Waals surface area contributed by atoms with E-state index < -0.39 is 11.7 Å². The summed E-state index contributed by atoms with van der Waals surface area (Å²) in [5, 5.41) is 13.4. The summed E-state index contributed by atoms with van der Waals surface area (Å²) in [6.45, 7) is -0.0667. The maximum atomic E-state index is 12.8. The molecule has 0 saturated heterocycles. The van der Waals surface area contributed by atoms with E-state index >= 15 is 0 Å². The highest BCUT2D eigenvalue weighted by molar-refractivity contribution is 14.1. The Bertz CT molecular complexity index is 437. The van der Waals surface area contributed by atoms with Gasteiger partial charge >= 0.3 is 0 Å². The minimum absolute atomic E-state index is 0.0667. The number of carbonyl (C=O) groups is 1. The number of amidine groups is 1. The summed E-state index contributed by atoms with van der Waals surface area (Å²) in [5.74, 6) is -0.918. The average Bonchev–Trinajstić information content (AvgIpc) is 2.25. The maximum Gasteiger partial charge on any atom is 0.252 e. The highest BCUT2D eigenvalue weighted by atomic mass is 127. The fourth-order valence-electron chi connectivity index (χ4n) is 0.975. The van der Waals surface area contributed by atoms with Gasteiger partial charge < -0.3 is 16.3 Å². The second-order valence-electron chi connectivity index (χ2n) is 2.90. The smallest absolute Gasteiger partial charge is 0.252 e. The van der Waals surface area contributed by atoms with Gasteiger partial charge in [-0.3, -0.25) is 4.79 Å². The lowest BCUT2D eigenvalue weighted by atomic mass is 10.2. The Kier molecular flexibility index (Phi) is 4.47. The van der Waals surface area contributed by atoms with Crippen LogP contribution in [0.4, 0.5) is 4.39 Å². The number of hydrogen-bond acceptors (Lipinski definition) is 3. The molecule has 4 N–H and O–H groups in total. The van der Waals surface area contributed by atoms with E-state index in [-0.39, 0.29) is 12.4 Å². The van der Waals surface area contributed by atoms with Crippen LogP contribution in [0.1, 0.15) is 10.4 Å². The first-order valence-corrected chi connectivity index (χ1v) is 5.32. The van der Waals surface area contributed by atoms with Crippen LogP contribution in [0.5, 0.6) is 0 Å². The normalized spacial score (nSPS) is 11.2. The molecule has 0 aromatic heterocycles. The van der Waals surface area contributed by atoms with Gasteiger partial charge in [0.1, 0.15) is 5.82 Å². The molecule has 0 bridgehead atoms. The standard InChI is InChI=1S/C9H9FIN3O2/c10-5-1-2-6(7(11)3-5)9(15)13-4-8(12)14-16/h1-3,16H,4H2,(H2,12,14)(H,13,15). The molecule has 0 saturated carbocycles. The van der Waals surface area contributed by atoms with E-state index in [0.717, 1.165) is 0 Å². The second kappa shape index (κ2) is 5.64. The van der Waals surface area contributed by atoms with E-state index in [4.69, 9.17) is 10.9 Å². The lowest BCUT2D eigenvalue weighted by molar-refractivity contribution is 0.0958. The van der Waals surface area contributed by atoms with E-state index in [1.54, 1.807) is 0 Å². The monoisotopic (exact) mass is 337 g/mol. The number of nitrogens with two attached hydrogens (primary N) is 1. The summed E-state index contributed by atoms with van der Waals surface area (Å²) < 4.78 is 13.3. The number of nitrogens with zero attached hydrogens (tertiary/aromatic N) is 1. The second-order valence-corrected chi connectivity index (χ2v) is 4.06. The van der Waals surface area contributed by atoms with Crippen LogP contribution < -0.4 is 11.1 Å². The molecule has 0 atom stereocenters. The van der Waals surface area contributed by atoms with Crippen molar-refractivity contribution < 1.29 is 14.4 Å². The Balaban J connectivity index is 2.74. The molecule has 1 rings (SSSR count). The van der Waals surface area contributed by atoms with Crippen molar-refractivity contribution in [3.63, 3.8) is 0 Å². The first-order chi connectivity index (χ1) is 7.54. The first-order valence-electron chi connectivity index (χ1n) is 4.24. The van der Waals surface area contributed by atoms with Crippen molar-refractivity contribution in [1.82, 2.24) is 5.32 Å². The highest BCUT2D eigenvalue weighted by Crippen LogP contribution is 2.13. The number of halogens is 2. The van der Waals surface area contributed by atoms with Crippen LogP contribution in [-0.2, 0) is 0 Å². The number of oxime groups is 1. The van der Waals surface area contributed by atoms with E-state index in [0.29, 0.717) is 9.13 Å². The van der Waals surface area contributed by atoms with E-state index in [1.165, 1.54) is 18.2 Å². The van der Waals surface area contributed by atoms with Crippen LogP contribution >= 0.6 is 22.6 Å². The minimum Gasteiger partial charge on any atom is -0.409 e. The molecule has 1 aromatic rings. The number of benzene rings is 1. The molecule has 0 radical (unpaired) electrons. The molecule has 1 amide bonds. The summed E-state index contributed by atoms with van der Waals surface area (Å²) in [4.78, 5) is 11.6. The van der Waals surface area contributed by atoms with Crippen molar-refractivity contribution in [3.05, 3.63) is 33.1 Å². The zero-order valence-corrected chi connectivity index (χ0v) is 10.2. The van der Waals surface area contributed by atoms with Crippen molar-refractivity contribution in [2.75, 3.05) is 6.54 Å². The fraction of sp³-hybridized carbons (Fsp3) is 0.111. The van der Waals surface area contributed by atoms with Gasteiger partial charge in [0.2, 0.25) is 0 Å². The minimum atomic E-state index is -0.406. The molecule has 0 fully saturated rings. The van der Waals surface area contributed by atoms with Crippen LogP contribution in [0.25, 0.3) is 0 Å². The zero-order chi connectivity index (χ0) is 12.1. The van der Waals surface area contributed by atoms with Crippen molar-refractivity contribution >= 4 is 34.3 Å². The van der Waals surface area contributed by atoms with Crippen molar-refractivity contribution in [2.24, 2.45) is 10.9 Å². The molecule has 0 aliphatic carbocycles. The van der Waals surface area contributed by atoms with Gasteiger partial charge in [-0.25, -0.2) is 4.39 Å². The van der Waals surface area contributed by atoms with E-state index in [2.05, 4.69) is 10.5 Å². The number of hydrogen-bond donors (Lipinski definition) is 3. The zero-order valence-electron chi connectivity index (χ0n) is 8.08. The molecule has 0 heterocycles. The Morgan fingerprint density at radius 2 is 2.31 bits per heavy atom. The molecule has 7 heteroatoms. The molecule has 1 aromatic carbocycles. The van der Waals surface area contributed by atoms with Gasteiger partial charge in [0.05, 0.1) is 12.1 Å². The molecule has 86 valence electrons. The fourth-order valence-corrected chi connectivity index (χ4v) is 1.70. The third kappa shape index (κ3) is 3.33. The number of amides is 1. The molecule has 0 spiro atoms. The van der Waals surface area contributed by atoms with Crippen molar-refractivity contribution in [2.45, 2.75) is 0 Å². The van der Waals surface area contributed by atoms with E-state index in [9.17, 15) is 9.18 Å². The SMILES string of the molecule is N/C(CNC(=O)c1ccc(F)cc1I)=N/O. The van der Waals surface area contributed by atoms with Crippen LogP contribution in [0.15, 0.2) is 23.4 Å². The molecule has 0 aliphatic heterocycles. The molecular formula is C9H9FIN3O2. The van der Waals surface area contributed by atoms with Crippen LogP contribution in [0, 0.1) is 9.39 Å². The summed E-state index contributed by atoms with van der Waals surface area (Å²) in [7, 11) is 0. The first kappa shape index (κ1) is 12.7. The van der Waals surface area contributed by atoms with Gasteiger partial charge in [-0.2, -0.15) is 0 Å². The molecule has 5 nitrogen and oxygen atoms in total. The topological polar surface area (TPSA) is 87.7 Å². The summed E-state index contributed by atoms with van der Waals surface area (Å²) in [6, 6.07) is 3.82. The van der Waals surface area contributed by atoms with Gasteiger partial charge in [0.25, 0.3) is 5.91 Å². The molecule has 0 aliphatic rings. The predicted molar refractivity (Wildman–Crippen MR) is 64.9 cm³/mol. The van der Waals surface area contributed by atoms with Gasteiger partial charge in [-0.05, 0) is 40.8 Å². The van der Waals surface area contributed by atoms with Gasteiger partial charge in [-0.15, -0.1) is 0 Å². The number of carbonyl (C=O) groups excluding carboxylic acids is 1.